The number of nitrogens with two attached hydrogens (primary N) is 1. The van der Waals surface area contributed by atoms with Gasteiger partial charge in [-0.15, -0.1) is 0 Å². The Morgan fingerprint density at radius 1 is 0.875 bits per heavy atom. The molecule has 12 heteroatoms. The average molecular weight is 466 g/mol. The molecule has 0 aliphatic rings. The normalized spacial score (nSPS) is 10.7. The van der Waals surface area contributed by atoms with Gasteiger partial charge >= 0.3 is 6.09 Å². The third-order valence-corrected chi connectivity index (χ3v) is 3.04. The highest BCUT2D eigenvalue weighted by Gasteiger charge is 2.15. The van der Waals surface area contributed by atoms with Crippen LogP contribution in [0.15, 0.2) is 5.11 Å². The molecule has 0 saturated heterocycles. The molecule has 0 radical (unpaired) electrons. The van der Waals surface area contributed by atoms with Gasteiger partial charge in [-0.25, -0.2) is 4.79 Å². The lowest BCUT2D eigenvalue weighted by atomic mass is 10.2. The summed E-state index contributed by atoms with van der Waals surface area (Å²) in [6.07, 6.45) is 0.601. The molecule has 1 amide bonds. The van der Waals surface area contributed by atoms with Gasteiger partial charge in [0.2, 0.25) is 0 Å². The fourth-order valence-corrected chi connectivity index (χ4v) is 1.78. The maximum Gasteiger partial charge on any atom is 0.407 e. The summed E-state index contributed by atoms with van der Waals surface area (Å²) in [7, 11) is 0. The summed E-state index contributed by atoms with van der Waals surface area (Å²) in [5.41, 5.74) is 12.7. The first-order valence-electron chi connectivity index (χ1n) is 10.9. The molecule has 0 bridgehead atoms. The number of alkyl carbamates (subject to hydrolysis) is 1. The summed E-state index contributed by atoms with van der Waals surface area (Å²) in [5.74, 6) is 0. The van der Waals surface area contributed by atoms with Gasteiger partial charge in [0.25, 0.3) is 0 Å². The minimum absolute atomic E-state index is 0.357. The molecule has 0 aliphatic heterocycles. The molecule has 0 rings (SSSR count). The average Bonchev–Trinajstić information content (AvgIpc) is 2.73. The van der Waals surface area contributed by atoms with E-state index in [0.29, 0.717) is 79.1 Å². The third kappa shape index (κ3) is 33.0. The Labute approximate surface area is 192 Å². The van der Waals surface area contributed by atoms with Crippen LogP contribution in [0.5, 0.6) is 0 Å². The van der Waals surface area contributed by atoms with Crippen LogP contribution in [0.1, 0.15) is 34.1 Å². The molecule has 0 heterocycles. The van der Waals surface area contributed by atoms with Gasteiger partial charge in [0.15, 0.2) is 0 Å². The van der Waals surface area contributed by atoms with E-state index in [4.69, 9.17) is 39.7 Å². The molecule has 32 heavy (non-hydrogen) atoms. The van der Waals surface area contributed by atoms with Crippen molar-refractivity contribution in [3.05, 3.63) is 10.4 Å². The van der Waals surface area contributed by atoms with Crippen LogP contribution in [0.2, 0.25) is 0 Å². The Kier molecular flexibility index (Phi) is 26.0. The van der Waals surface area contributed by atoms with Crippen LogP contribution in [0.25, 0.3) is 10.4 Å². The Morgan fingerprint density at radius 2 is 1.38 bits per heavy atom. The number of nitrogens with zero attached hydrogens (tertiary/aromatic N) is 3. The summed E-state index contributed by atoms with van der Waals surface area (Å²) in [5, 5.41) is 5.94. The minimum Gasteiger partial charge on any atom is -0.444 e. The lowest BCUT2D eigenvalue weighted by molar-refractivity contribution is 0.0175. The lowest BCUT2D eigenvalue weighted by Crippen LogP contribution is -2.34. The molecule has 0 unspecified atom stereocenters. The number of amides is 1. The Morgan fingerprint density at radius 3 is 1.88 bits per heavy atom. The first-order valence-corrected chi connectivity index (χ1v) is 10.9. The lowest BCUT2D eigenvalue weighted by Gasteiger charge is -2.19. The van der Waals surface area contributed by atoms with Crippen molar-refractivity contribution in [1.29, 1.82) is 0 Å². The summed E-state index contributed by atoms with van der Waals surface area (Å²) in [4.78, 5) is 13.8. The zero-order valence-corrected chi connectivity index (χ0v) is 20.2. The van der Waals surface area contributed by atoms with Gasteiger partial charge in [0, 0.05) is 31.2 Å². The predicted octanol–water partition coefficient (Wildman–Crippen LogP) is 2.26. The number of nitrogens with one attached hydrogen (secondary N) is 1. The van der Waals surface area contributed by atoms with E-state index in [0.717, 1.165) is 13.0 Å². The van der Waals surface area contributed by atoms with E-state index in [1.54, 1.807) is 0 Å². The molecule has 0 saturated carbocycles. The third-order valence-electron chi connectivity index (χ3n) is 3.04. The van der Waals surface area contributed by atoms with E-state index in [1.165, 1.54) is 0 Å². The molecular formula is C20H43N5O7. The first-order chi connectivity index (χ1) is 15.4. The molecule has 0 fully saturated rings. The van der Waals surface area contributed by atoms with Crippen molar-refractivity contribution in [3.8, 4) is 0 Å². The van der Waals surface area contributed by atoms with Crippen molar-refractivity contribution in [1.82, 2.24) is 5.32 Å². The van der Waals surface area contributed by atoms with Crippen LogP contribution >= 0.6 is 0 Å². The van der Waals surface area contributed by atoms with Gasteiger partial charge in [-0.1, -0.05) is 12.0 Å². The second-order valence-corrected chi connectivity index (χ2v) is 7.23. The first kappa shape index (κ1) is 32.5. The number of ether oxygens (including phenoxy) is 6. The minimum atomic E-state index is -0.459. The number of azide groups is 1. The molecule has 0 spiro atoms. The Balaban J connectivity index is 0. The molecular weight excluding hydrogens is 422 g/mol. The molecule has 0 aromatic heterocycles. The second kappa shape index (κ2) is 25.6. The van der Waals surface area contributed by atoms with Crippen LogP contribution in [0.4, 0.5) is 4.79 Å². The molecule has 0 aliphatic carbocycles. The Hall–Kier alpha value is -1.66. The molecule has 0 aromatic carbocycles. The topological polar surface area (TPSA) is 159 Å². The molecule has 0 atom stereocenters. The zero-order valence-electron chi connectivity index (χ0n) is 20.2. The summed E-state index contributed by atoms with van der Waals surface area (Å²) >= 11 is 0. The van der Waals surface area contributed by atoms with E-state index in [1.807, 2.05) is 20.8 Å². The van der Waals surface area contributed by atoms with E-state index in [9.17, 15) is 4.79 Å². The number of hydrogen-bond donors (Lipinski definition) is 2. The van der Waals surface area contributed by atoms with Crippen molar-refractivity contribution in [2.24, 2.45) is 10.8 Å². The van der Waals surface area contributed by atoms with Crippen molar-refractivity contribution in [2.75, 3.05) is 85.7 Å². The largest absolute Gasteiger partial charge is 0.444 e. The molecule has 0 aromatic rings. The van der Waals surface area contributed by atoms with Crippen LogP contribution in [0.3, 0.4) is 0 Å². The SMILES string of the molecule is CCCOCCOCCNC(=O)OC(C)(C)C.[N-]=[N+]=NCCOCCOCCOCCN. The predicted molar refractivity (Wildman–Crippen MR) is 122 cm³/mol. The fourth-order valence-electron chi connectivity index (χ4n) is 1.78. The molecule has 12 nitrogen and oxygen atoms in total. The quantitative estimate of drug-likeness (QED) is 0.127. The number of rotatable bonds is 19. The summed E-state index contributed by atoms with van der Waals surface area (Å²) in [6, 6.07) is 0. The number of hydrogen-bond acceptors (Lipinski definition) is 9. The molecule has 190 valence electrons. The monoisotopic (exact) mass is 465 g/mol. The van der Waals surface area contributed by atoms with Crippen LogP contribution < -0.4 is 11.1 Å². The fraction of sp³-hybridized carbons (Fsp3) is 0.950. The van der Waals surface area contributed by atoms with E-state index < -0.39 is 11.7 Å². The van der Waals surface area contributed by atoms with Gasteiger partial charge < -0.3 is 39.5 Å². The van der Waals surface area contributed by atoms with Gasteiger partial charge in [-0.2, -0.15) is 0 Å². The second-order valence-electron chi connectivity index (χ2n) is 7.23. The van der Waals surface area contributed by atoms with Crippen LogP contribution in [-0.2, 0) is 28.4 Å². The van der Waals surface area contributed by atoms with E-state index >= 15 is 0 Å². The summed E-state index contributed by atoms with van der Waals surface area (Å²) in [6.45, 7) is 14.4. The Bertz CT molecular complexity index is 458. The van der Waals surface area contributed by atoms with Crippen LogP contribution in [0, 0.1) is 0 Å². The van der Waals surface area contributed by atoms with Gasteiger partial charge in [0.05, 0.1) is 59.5 Å². The van der Waals surface area contributed by atoms with Gasteiger partial charge in [-0.05, 0) is 32.7 Å². The smallest absolute Gasteiger partial charge is 0.407 e. The van der Waals surface area contributed by atoms with Crippen molar-refractivity contribution < 1.29 is 33.2 Å². The highest BCUT2D eigenvalue weighted by Crippen LogP contribution is 2.05. The number of carbonyl (C=O) groups excluding carboxylic acids is 1. The van der Waals surface area contributed by atoms with Crippen molar-refractivity contribution in [2.45, 2.75) is 39.7 Å². The van der Waals surface area contributed by atoms with Crippen molar-refractivity contribution >= 4 is 6.09 Å². The van der Waals surface area contributed by atoms with Gasteiger partial charge in [0.1, 0.15) is 5.60 Å². The maximum absolute atomic E-state index is 11.2. The van der Waals surface area contributed by atoms with E-state index in [2.05, 4.69) is 22.3 Å². The highest BCUT2D eigenvalue weighted by molar-refractivity contribution is 5.67. The highest BCUT2D eigenvalue weighted by atomic mass is 16.6. The number of carbonyl (C=O) groups is 1. The standard InChI is InChI=1S/C12H25NO4.C8H18N4O3/c1-5-7-15-9-10-16-8-6-13-11(14)17-12(2,3)4;9-1-3-13-5-7-15-8-6-14-4-2-11-12-10/h5-10H2,1-4H3,(H,13,14);1-9H2. The van der Waals surface area contributed by atoms with Crippen LogP contribution in [-0.4, -0.2) is 97.4 Å². The summed E-state index contributed by atoms with van der Waals surface area (Å²) < 4.78 is 31.0. The van der Waals surface area contributed by atoms with E-state index in [-0.39, 0.29) is 0 Å². The maximum atomic E-state index is 11.2. The van der Waals surface area contributed by atoms with Gasteiger partial charge in [-0.3, -0.25) is 0 Å². The zero-order chi connectivity index (χ0) is 24.3. The molecule has 3 N–H and O–H groups in total. The van der Waals surface area contributed by atoms with Crippen molar-refractivity contribution in [3.63, 3.8) is 0 Å².